The van der Waals surface area contributed by atoms with E-state index in [9.17, 15) is 23.3 Å². The number of hydrazone groups is 1. The van der Waals surface area contributed by atoms with Crippen LogP contribution in [0.4, 0.5) is 13.2 Å². The van der Waals surface area contributed by atoms with E-state index in [2.05, 4.69) is 10.5 Å². The number of nitrogens with one attached hydrogen (secondary N) is 1. The van der Waals surface area contributed by atoms with Crippen LogP contribution in [0.3, 0.4) is 0 Å². The highest BCUT2D eigenvalue weighted by molar-refractivity contribution is 8.15. The number of rotatable bonds is 4. The maximum absolute atomic E-state index is 14.2. The van der Waals surface area contributed by atoms with E-state index in [4.69, 9.17) is 4.74 Å². The molecule has 0 saturated heterocycles. The van der Waals surface area contributed by atoms with E-state index < -0.39 is 33.2 Å². The molecular formula is C18H14F3N3O3S. The molecule has 1 N–H and O–H groups in total. The first-order valence-electron chi connectivity index (χ1n) is 8.43. The van der Waals surface area contributed by atoms with Gasteiger partial charge in [-0.05, 0) is 36.4 Å². The van der Waals surface area contributed by atoms with Crippen LogP contribution in [0.5, 0.6) is 5.75 Å². The zero-order valence-corrected chi connectivity index (χ0v) is 15.1. The van der Waals surface area contributed by atoms with Gasteiger partial charge in [0, 0.05) is 28.4 Å². The molecule has 0 aromatic heterocycles. The van der Waals surface area contributed by atoms with Crippen LogP contribution in [-0.4, -0.2) is 23.1 Å². The molecule has 0 amide bonds. The van der Waals surface area contributed by atoms with Gasteiger partial charge in [0.2, 0.25) is 6.54 Å². The second kappa shape index (κ2) is 7.01. The molecule has 2 aliphatic rings. The summed E-state index contributed by atoms with van der Waals surface area (Å²) < 4.78 is 47.5. The largest absolute Gasteiger partial charge is 0.493 e. The van der Waals surface area contributed by atoms with E-state index in [1.54, 1.807) is 0 Å². The summed E-state index contributed by atoms with van der Waals surface area (Å²) in [4.78, 5) is 9.34. The first-order chi connectivity index (χ1) is 13.4. The molecule has 10 heteroatoms. The van der Waals surface area contributed by atoms with Crippen LogP contribution in [0.15, 0.2) is 41.5 Å². The van der Waals surface area contributed by atoms with Gasteiger partial charge in [0.05, 0.1) is 6.61 Å². The first-order valence-corrected chi connectivity index (χ1v) is 9.24. The molecule has 2 heterocycles. The normalized spacial score (nSPS) is 23.0. The Balaban J connectivity index is 1.75. The highest BCUT2D eigenvalue weighted by Gasteiger charge is 2.51. The summed E-state index contributed by atoms with van der Waals surface area (Å²) in [6.45, 7) is -0.173. The Morgan fingerprint density at radius 3 is 2.79 bits per heavy atom. The minimum atomic E-state index is -1.08. The number of thioether (sulfide) groups is 1. The maximum atomic E-state index is 14.2. The van der Waals surface area contributed by atoms with Crippen molar-refractivity contribution in [2.45, 2.75) is 11.3 Å². The van der Waals surface area contributed by atoms with Gasteiger partial charge < -0.3 is 4.74 Å². The van der Waals surface area contributed by atoms with E-state index >= 15 is 0 Å². The quantitative estimate of drug-likeness (QED) is 0.617. The maximum Gasteiger partial charge on any atom is 0.204 e. The Labute approximate surface area is 161 Å². The highest BCUT2D eigenvalue weighted by Crippen LogP contribution is 2.52. The predicted octanol–water partition coefficient (Wildman–Crippen LogP) is 3.63. The molecule has 0 aliphatic carbocycles. The van der Waals surface area contributed by atoms with Crippen molar-refractivity contribution in [1.29, 1.82) is 0 Å². The van der Waals surface area contributed by atoms with Gasteiger partial charge >= 0.3 is 0 Å². The summed E-state index contributed by atoms with van der Waals surface area (Å²) >= 11 is 1.08. The Morgan fingerprint density at radius 1 is 1.25 bits per heavy atom. The smallest absolute Gasteiger partial charge is 0.204 e. The fourth-order valence-corrected chi connectivity index (χ4v) is 4.77. The summed E-state index contributed by atoms with van der Waals surface area (Å²) in [5, 5.41) is 15.2. The predicted molar refractivity (Wildman–Crippen MR) is 97.2 cm³/mol. The number of nitro groups is 1. The molecule has 28 heavy (non-hydrogen) atoms. The second-order valence-electron chi connectivity index (χ2n) is 6.48. The van der Waals surface area contributed by atoms with Crippen LogP contribution in [0.25, 0.3) is 0 Å². The van der Waals surface area contributed by atoms with Crippen molar-refractivity contribution in [2.24, 2.45) is 11.0 Å². The zero-order chi connectivity index (χ0) is 19.9. The zero-order valence-electron chi connectivity index (χ0n) is 14.3. The molecular weight excluding hydrogens is 395 g/mol. The van der Waals surface area contributed by atoms with E-state index in [1.807, 2.05) is 0 Å². The molecule has 0 bridgehead atoms. The number of ether oxygens (including phenoxy) is 1. The summed E-state index contributed by atoms with van der Waals surface area (Å²) in [7, 11) is 0. The summed E-state index contributed by atoms with van der Waals surface area (Å²) in [5.74, 6) is -1.82. The lowest BCUT2D eigenvalue weighted by atomic mass is 9.87. The van der Waals surface area contributed by atoms with Gasteiger partial charge in [-0.3, -0.25) is 15.5 Å². The van der Waals surface area contributed by atoms with E-state index in [-0.39, 0.29) is 30.2 Å². The van der Waals surface area contributed by atoms with Crippen LogP contribution >= 0.6 is 11.8 Å². The Morgan fingerprint density at radius 2 is 2.00 bits per heavy atom. The lowest BCUT2D eigenvalue weighted by Gasteiger charge is -2.40. The third kappa shape index (κ3) is 3.17. The summed E-state index contributed by atoms with van der Waals surface area (Å²) in [6.07, 6.45) is 0.136. The lowest BCUT2D eigenvalue weighted by molar-refractivity contribution is -0.482. The molecule has 1 spiro atoms. The number of hydrogen-bond donors (Lipinski definition) is 1. The molecule has 0 radical (unpaired) electrons. The number of hydrogen-bond acceptors (Lipinski definition) is 6. The van der Waals surface area contributed by atoms with Crippen molar-refractivity contribution in [2.75, 3.05) is 13.2 Å². The lowest BCUT2D eigenvalue weighted by Crippen LogP contribution is -2.47. The third-order valence-corrected chi connectivity index (χ3v) is 6.23. The molecule has 146 valence electrons. The van der Waals surface area contributed by atoms with Crippen LogP contribution in [0.2, 0.25) is 0 Å². The van der Waals surface area contributed by atoms with Crippen molar-refractivity contribution >= 4 is 16.8 Å². The fraction of sp³-hybridized carbons (Fsp3) is 0.278. The standard InChI is InChI=1S/C18H14F3N3O3S/c19-11-1-3-15(21)13(7-11)17-22-23-18(28-17)10(5-6-24(25)26)9-27-16-4-2-12(20)8-14(16)18/h1-4,7-8,10,23H,5-6,9H2/t10-,18+/m1/s1. The molecule has 4 rings (SSSR count). The average molecular weight is 409 g/mol. The van der Waals surface area contributed by atoms with Gasteiger partial charge in [-0.15, -0.1) is 0 Å². The van der Waals surface area contributed by atoms with Gasteiger partial charge in [-0.2, -0.15) is 5.10 Å². The SMILES string of the molecule is O=[N+]([O-])CC[C@@H]1COc2ccc(F)cc2[C@]12NN=C(c1cc(F)ccc1F)S2. The molecule has 0 unspecified atom stereocenters. The average Bonchev–Trinajstić information content (AvgIpc) is 3.09. The van der Waals surface area contributed by atoms with Crippen LogP contribution in [-0.2, 0) is 4.87 Å². The van der Waals surface area contributed by atoms with Crippen LogP contribution in [0, 0.1) is 33.5 Å². The molecule has 0 fully saturated rings. The third-order valence-electron chi connectivity index (χ3n) is 4.76. The van der Waals surface area contributed by atoms with Gasteiger partial charge in [-0.25, -0.2) is 13.2 Å². The number of nitrogens with zero attached hydrogens (tertiary/aromatic N) is 2. The van der Waals surface area contributed by atoms with Gasteiger partial charge in [0.25, 0.3) is 0 Å². The van der Waals surface area contributed by atoms with Crippen molar-refractivity contribution in [3.63, 3.8) is 0 Å². The van der Waals surface area contributed by atoms with E-state index in [0.717, 1.165) is 30.0 Å². The van der Waals surface area contributed by atoms with Crippen molar-refractivity contribution in [3.05, 3.63) is 75.1 Å². The number of halogens is 3. The van der Waals surface area contributed by atoms with Crippen molar-refractivity contribution in [1.82, 2.24) is 5.43 Å². The fourth-order valence-electron chi connectivity index (χ4n) is 3.39. The second-order valence-corrected chi connectivity index (χ2v) is 7.72. The molecule has 6 nitrogen and oxygen atoms in total. The number of fused-ring (bicyclic) bond motifs is 2. The molecule has 0 saturated carbocycles. The Bertz CT molecular complexity index is 988. The van der Waals surface area contributed by atoms with E-state index in [1.165, 1.54) is 18.2 Å². The summed E-state index contributed by atoms with van der Waals surface area (Å²) in [6, 6.07) is 7.02. The monoisotopic (exact) mass is 409 g/mol. The molecule has 2 atom stereocenters. The summed E-state index contributed by atoms with van der Waals surface area (Å²) in [5.41, 5.74) is 3.31. The molecule has 2 aromatic rings. The van der Waals surface area contributed by atoms with Crippen LogP contribution < -0.4 is 10.2 Å². The Hall–Kier alpha value is -2.75. The van der Waals surface area contributed by atoms with Gasteiger partial charge in [0.15, 0.2) is 0 Å². The van der Waals surface area contributed by atoms with Gasteiger partial charge in [0.1, 0.15) is 33.1 Å². The van der Waals surface area contributed by atoms with E-state index in [0.29, 0.717) is 11.3 Å². The number of benzene rings is 2. The Kier molecular flexibility index (Phi) is 4.66. The highest BCUT2D eigenvalue weighted by atomic mass is 32.2. The topological polar surface area (TPSA) is 76.8 Å². The molecule has 2 aliphatic heterocycles. The minimum absolute atomic E-state index is 0.0353. The van der Waals surface area contributed by atoms with Crippen molar-refractivity contribution in [3.8, 4) is 5.75 Å². The van der Waals surface area contributed by atoms with Gasteiger partial charge in [-0.1, -0.05) is 11.8 Å². The first kappa shape index (κ1) is 18.6. The molecule has 2 aromatic carbocycles. The minimum Gasteiger partial charge on any atom is -0.493 e. The van der Waals surface area contributed by atoms with Crippen molar-refractivity contribution < 1.29 is 22.8 Å². The van der Waals surface area contributed by atoms with Crippen LogP contribution in [0.1, 0.15) is 17.5 Å².